The maximum absolute atomic E-state index is 13.7. The SMILES string of the molecule is C[C@@H]1OCCN(C(=O)c2cc(F)cc3[nH]c(=S)[nH]c23)[C@@H]1C. The predicted molar refractivity (Wildman–Crippen MR) is 79.4 cm³/mol. The Hall–Kier alpha value is -1.73. The van der Waals surface area contributed by atoms with Crippen LogP contribution in [0.15, 0.2) is 12.1 Å². The van der Waals surface area contributed by atoms with Crippen LogP contribution in [0.1, 0.15) is 24.2 Å². The van der Waals surface area contributed by atoms with Crippen LogP contribution in [0.2, 0.25) is 0 Å². The summed E-state index contributed by atoms with van der Waals surface area (Å²) < 4.78 is 19.6. The molecular formula is C14H16FN3O2S. The molecule has 1 amide bonds. The van der Waals surface area contributed by atoms with Gasteiger partial charge in [0.25, 0.3) is 5.91 Å². The highest BCUT2D eigenvalue weighted by molar-refractivity contribution is 7.71. The largest absolute Gasteiger partial charge is 0.375 e. The van der Waals surface area contributed by atoms with E-state index in [-0.39, 0.29) is 18.1 Å². The van der Waals surface area contributed by atoms with Gasteiger partial charge in [0.15, 0.2) is 4.77 Å². The number of nitrogens with zero attached hydrogens (tertiary/aromatic N) is 1. The number of fused-ring (bicyclic) bond motifs is 1. The minimum Gasteiger partial charge on any atom is -0.375 e. The van der Waals surface area contributed by atoms with Crippen molar-refractivity contribution in [2.45, 2.75) is 26.0 Å². The number of carbonyl (C=O) groups excluding carboxylic acids is 1. The molecule has 0 aliphatic carbocycles. The standard InChI is InChI=1S/C14H16FN3O2S/c1-7-8(2)20-4-3-18(7)13(19)10-5-9(15)6-11-12(10)17-14(21)16-11/h5-8H,3-4H2,1-2H3,(H2,16,17,21)/t7-,8+/m1/s1. The van der Waals surface area contributed by atoms with Gasteiger partial charge in [0.1, 0.15) is 5.82 Å². The van der Waals surface area contributed by atoms with Gasteiger partial charge in [-0.25, -0.2) is 4.39 Å². The molecule has 5 nitrogen and oxygen atoms in total. The van der Waals surface area contributed by atoms with Crippen LogP contribution in [-0.2, 0) is 4.74 Å². The van der Waals surface area contributed by atoms with Gasteiger partial charge in [-0.15, -0.1) is 0 Å². The molecule has 0 unspecified atom stereocenters. The van der Waals surface area contributed by atoms with Gasteiger partial charge in [0, 0.05) is 6.54 Å². The van der Waals surface area contributed by atoms with Crippen molar-refractivity contribution < 1.29 is 13.9 Å². The van der Waals surface area contributed by atoms with Crippen LogP contribution in [0.3, 0.4) is 0 Å². The highest BCUT2D eigenvalue weighted by Crippen LogP contribution is 2.22. The first-order valence-electron chi connectivity index (χ1n) is 6.81. The van der Waals surface area contributed by atoms with Crippen molar-refractivity contribution in [3.8, 4) is 0 Å². The number of H-pyrrole nitrogens is 2. The Morgan fingerprint density at radius 2 is 2.19 bits per heavy atom. The molecule has 7 heteroatoms. The van der Waals surface area contributed by atoms with Crippen molar-refractivity contribution in [2.24, 2.45) is 0 Å². The molecule has 1 saturated heterocycles. The number of nitrogens with one attached hydrogen (secondary N) is 2. The monoisotopic (exact) mass is 309 g/mol. The Balaban J connectivity index is 2.07. The van der Waals surface area contributed by atoms with Crippen molar-refractivity contribution >= 4 is 29.2 Å². The lowest BCUT2D eigenvalue weighted by molar-refractivity contribution is -0.0440. The Kier molecular flexibility index (Phi) is 3.54. The van der Waals surface area contributed by atoms with Crippen LogP contribution in [0, 0.1) is 10.6 Å². The van der Waals surface area contributed by atoms with E-state index < -0.39 is 5.82 Å². The second-order valence-electron chi connectivity index (χ2n) is 5.27. The number of morpholine rings is 1. The molecule has 2 atom stereocenters. The number of amides is 1. The fraction of sp³-hybridized carbons (Fsp3) is 0.429. The van der Waals surface area contributed by atoms with Gasteiger partial charge in [-0.3, -0.25) is 4.79 Å². The number of ether oxygens (including phenoxy) is 1. The lowest BCUT2D eigenvalue weighted by Gasteiger charge is -2.37. The first-order valence-corrected chi connectivity index (χ1v) is 7.22. The number of rotatable bonds is 1. The lowest BCUT2D eigenvalue weighted by atomic mass is 10.1. The molecule has 3 rings (SSSR count). The third-order valence-corrected chi connectivity index (χ3v) is 4.17. The van der Waals surface area contributed by atoms with Crippen LogP contribution in [0.4, 0.5) is 4.39 Å². The zero-order valence-corrected chi connectivity index (χ0v) is 12.6. The second-order valence-corrected chi connectivity index (χ2v) is 5.68. The molecule has 0 bridgehead atoms. The van der Waals surface area contributed by atoms with Gasteiger partial charge in [0.2, 0.25) is 0 Å². The summed E-state index contributed by atoms with van der Waals surface area (Å²) in [6, 6.07) is 2.51. The molecule has 2 N–H and O–H groups in total. The van der Waals surface area contributed by atoms with E-state index in [1.165, 1.54) is 12.1 Å². The van der Waals surface area contributed by atoms with E-state index >= 15 is 0 Å². The average molecular weight is 309 g/mol. The van der Waals surface area contributed by atoms with Crippen molar-refractivity contribution in [1.29, 1.82) is 0 Å². The number of hydrogen-bond donors (Lipinski definition) is 2. The van der Waals surface area contributed by atoms with Crippen molar-refractivity contribution in [3.05, 3.63) is 28.3 Å². The van der Waals surface area contributed by atoms with E-state index in [4.69, 9.17) is 17.0 Å². The minimum absolute atomic E-state index is 0.0449. The maximum atomic E-state index is 13.7. The van der Waals surface area contributed by atoms with Gasteiger partial charge >= 0.3 is 0 Å². The van der Waals surface area contributed by atoms with Crippen molar-refractivity contribution in [1.82, 2.24) is 14.9 Å². The third-order valence-electron chi connectivity index (χ3n) is 3.97. The summed E-state index contributed by atoms with van der Waals surface area (Å²) in [5, 5.41) is 0. The molecule has 1 aliphatic heterocycles. The Labute approximate surface area is 126 Å². The Morgan fingerprint density at radius 1 is 1.43 bits per heavy atom. The fourth-order valence-corrected chi connectivity index (χ4v) is 2.86. The van der Waals surface area contributed by atoms with Gasteiger partial charge in [-0.2, -0.15) is 0 Å². The van der Waals surface area contributed by atoms with Crippen LogP contribution < -0.4 is 0 Å². The van der Waals surface area contributed by atoms with E-state index in [0.29, 0.717) is 34.5 Å². The zero-order chi connectivity index (χ0) is 15.1. The quantitative estimate of drug-likeness (QED) is 0.796. The number of aromatic nitrogens is 2. The molecule has 112 valence electrons. The van der Waals surface area contributed by atoms with Crippen molar-refractivity contribution in [2.75, 3.05) is 13.2 Å². The number of benzene rings is 1. The summed E-state index contributed by atoms with van der Waals surface area (Å²) in [5.41, 5.74) is 1.33. The van der Waals surface area contributed by atoms with E-state index in [1.807, 2.05) is 13.8 Å². The molecule has 2 heterocycles. The topological polar surface area (TPSA) is 61.1 Å². The number of halogens is 1. The van der Waals surface area contributed by atoms with Gasteiger partial charge < -0.3 is 19.6 Å². The van der Waals surface area contributed by atoms with Gasteiger partial charge in [0.05, 0.1) is 35.3 Å². The zero-order valence-electron chi connectivity index (χ0n) is 11.8. The van der Waals surface area contributed by atoms with E-state index in [1.54, 1.807) is 4.90 Å². The molecule has 0 radical (unpaired) electrons. The number of imidazole rings is 1. The lowest BCUT2D eigenvalue weighted by Crippen LogP contribution is -2.51. The summed E-state index contributed by atoms with van der Waals surface area (Å²) in [6.45, 7) is 4.83. The predicted octanol–water partition coefficient (Wildman–Crippen LogP) is 2.61. The maximum Gasteiger partial charge on any atom is 0.256 e. The smallest absolute Gasteiger partial charge is 0.256 e. The molecule has 0 spiro atoms. The van der Waals surface area contributed by atoms with Crippen LogP contribution >= 0.6 is 12.2 Å². The summed E-state index contributed by atoms with van der Waals surface area (Å²) in [4.78, 5) is 20.2. The fourth-order valence-electron chi connectivity index (χ4n) is 2.65. The molecule has 1 fully saturated rings. The third kappa shape index (κ3) is 2.47. The number of aromatic amines is 2. The van der Waals surface area contributed by atoms with Crippen LogP contribution in [0.25, 0.3) is 11.0 Å². The Bertz CT molecular complexity index is 754. The molecule has 2 aromatic rings. The average Bonchev–Trinajstić information content (AvgIpc) is 2.80. The van der Waals surface area contributed by atoms with E-state index in [0.717, 1.165) is 0 Å². The van der Waals surface area contributed by atoms with E-state index in [2.05, 4.69) is 9.97 Å². The normalized spacial score (nSPS) is 22.7. The first-order chi connectivity index (χ1) is 9.97. The first kappa shape index (κ1) is 14.2. The molecule has 21 heavy (non-hydrogen) atoms. The summed E-state index contributed by atoms with van der Waals surface area (Å²) in [5.74, 6) is -0.683. The molecule has 1 aromatic carbocycles. The minimum atomic E-state index is -0.468. The van der Waals surface area contributed by atoms with E-state index in [9.17, 15) is 9.18 Å². The highest BCUT2D eigenvalue weighted by atomic mass is 32.1. The number of hydrogen-bond acceptors (Lipinski definition) is 3. The summed E-state index contributed by atoms with van der Waals surface area (Å²) in [6.07, 6.45) is -0.0449. The summed E-state index contributed by atoms with van der Waals surface area (Å²) in [7, 11) is 0. The molecular weight excluding hydrogens is 293 g/mol. The highest BCUT2D eigenvalue weighted by Gasteiger charge is 2.31. The van der Waals surface area contributed by atoms with Crippen LogP contribution in [-0.4, -0.2) is 46.1 Å². The second kappa shape index (κ2) is 5.23. The molecule has 1 aromatic heterocycles. The Morgan fingerprint density at radius 3 is 2.95 bits per heavy atom. The van der Waals surface area contributed by atoms with Crippen LogP contribution in [0.5, 0.6) is 0 Å². The van der Waals surface area contributed by atoms with Crippen molar-refractivity contribution in [3.63, 3.8) is 0 Å². The molecule has 0 saturated carbocycles. The number of carbonyl (C=O) groups is 1. The molecule has 1 aliphatic rings. The summed E-state index contributed by atoms with van der Waals surface area (Å²) >= 11 is 5.02. The van der Waals surface area contributed by atoms with Gasteiger partial charge in [-0.1, -0.05) is 0 Å². The van der Waals surface area contributed by atoms with Gasteiger partial charge in [-0.05, 0) is 38.2 Å².